The normalized spacial score (nSPS) is 13.9. The summed E-state index contributed by atoms with van der Waals surface area (Å²) in [6.45, 7) is 5.29. The van der Waals surface area contributed by atoms with Gasteiger partial charge >= 0.3 is 0 Å². The number of morpholine rings is 1. The number of hydrogen-bond acceptors (Lipinski definition) is 7. The minimum atomic E-state index is -0.428. The van der Waals surface area contributed by atoms with Crippen LogP contribution < -0.4 is 10.2 Å². The molecule has 8 heteroatoms. The Balaban J connectivity index is 1.62. The molecule has 0 amide bonds. The second-order valence-corrected chi connectivity index (χ2v) is 6.75. The van der Waals surface area contributed by atoms with Gasteiger partial charge in [0.1, 0.15) is 0 Å². The van der Waals surface area contributed by atoms with Gasteiger partial charge in [-0.1, -0.05) is 18.2 Å². The van der Waals surface area contributed by atoms with E-state index in [4.69, 9.17) is 4.74 Å². The summed E-state index contributed by atoms with van der Waals surface area (Å²) in [5.74, 6) is 0.388. The van der Waals surface area contributed by atoms with Crippen LogP contribution in [0.25, 0.3) is 11.3 Å². The van der Waals surface area contributed by atoms with Gasteiger partial charge in [0.05, 0.1) is 23.8 Å². The fourth-order valence-corrected chi connectivity index (χ4v) is 3.44. The Kier molecular flexibility index (Phi) is 5.35. The lowest BCUT2D eigenvalue weighted by molar-refractivity contribution is -0.384. The summed E-state index contributed by atoms with van der Waals surface area (Å²) in [6, 6.07) is 14.3. The Labute approximate surface area is 168 Å². The number of hydrogen-bond donors (Lipinski definition) is 1. The van der Waals surface area contributed by atoms with Crippen molar-refractivity contribution in [2.45, 2.75) is 6.92 Å². The van der Waals surface area contributed by atoms with E-state index in [1.165, 1.54) is 17.8 Å². The summed E-state index contributed by atoms with van der Waals surface area (Å²) in [5.41, 5.74) is 4.72. The average Bonchev–Trinajstić information content (AvgIpc) is 2.75. The summed E-state index contributed by atoms with van der Waals surface area (Å²) in [7, 11) is 0. The molecule has 1 N–H and O–H groups in total. The van der Waals surface area contributed by atoms with Crippen LogP contribution in [0.1, 0.15) is 5.56 Å². The number of aromatic nitrogens is 2. The molecule has 29 heavy (non-hydrogen) atoms. The van der Waals surface area contributed by atoms with Gasteiger partial charge in [-0.2, -0.15) is 0 Å². The van der Waals surface area contributed by atoms with Crippen LogP contribution in [-0.4, -0.2) is 41.2 Å². The second kappa shape index (κ2) is 8.24. The highest BCUT2D eigenvalue weighted by atomic mass is 16.6. The number of non-ortho nitro benzene ring substituents is 1. The van der Waals surface area contributed by atoms with Crippen molar-refractivity contribution in [1.82, 2.24) is 9.97 Å². The van der Waals surface area contributed by atoms with Crippen molar-refractivity contribution in [3.05, 3.63) is 70.4 Å². The lowest BCUT2D eigenvalue weighted by Gasteiger charge is -2.30. The molecule has 8 nitrogen and oxygen atoms in total. The van der Waals surface area contributed by atoms with Crippen molar-refractivity contribution >= 4 is 23.0 Å². The molecule has 0 unspecified atom stereocenters. The van der Waals surface area contributed by atoms with Gasteiger partial charge < -0.3 is 15.0 Å². The van der Waals surface area contributed by atoms with Gasteiger partial charge in [-0.25, -0.2) is 9.97 Å². The van der Waals surface area contributed by atoms with Gasteiger partial charge in [-0.15, -0.1) is 0 Å². The molecule has 1 fully saturated rings. The monoisotopic (exact) mass is 391 g/mol. The summed E-state index contributed by atoms with van der Waals surface area (Å²) in [4.78, 5) is 21.8. The molecule has 0 radical (unpaired) electrons. The molecule has 4 rings (SSSR count). The van der Waals surface area contributed by atoms with Crippen LogP contribution in [0, 0.1) is 17.0 Å². The van der Waals surface area contributed by atoms with Crippen molar-refractivity contribution in [3.63, 3.8) is 0 Å². The first-order valence-corrected chi connectivity index (χ1v) is 9.39. The topological polar surface area (TPSA) is 93.4 Å². The molecule has 0 bridgehead atoms. The van der Waals surface area contributed by atoms with Crippen molar-refractivity contribution < 1.29 is 9.66 Å². The third kappa shape index (κ3) is 4.17. The zero-order chi connectivity index (χ0) is 20.2. The lowest BCUT2D eigenvalue weighted by Crippen LogP contribution is -2.36. The summed E-state index contributed by atoms with van der Waals surface area (Å²) < 4.78 is 5.46. The molecule has 2 heterocycles. The highest BCUT2D eigenvalue weighted by molar-refractivity contribution is 5.73. The molecule has 2 aromatic carbocycles. The molecule has 0 saturated carbocycles. The lowest BCUT2D eigenvalue weighted by atomic mass is 10.0. The van der Waals surface area contributed by atoms with Gasteiger partial charge in [0.2, 0.25) is 5.95 Å². The molecule has 1 aromatic heterocycles. The average molecular weight is 391 g/mol. The van der Waals surface area contributed by atoms with Gasteiger partial charge in [-0.3, -0.25) is 10.1 Å². The molecular formula is C21H21N5O3. The first-order chi connectivity index (χ1) is 14.1. The smallest absolute Gasteiger partial charge is 0.271 e. The van der Waals surface area contributed by atoms with E-state index in [2.05, 4.69) is 33.2 Å². The number of nitro benzene ring substituents is 1. The highest BCUT2D eigenvalue weighted by Gasteiger charge is 2.16. The Bertz CT molecular complexity index is 1030. The van der Waals surface area contributed by atoms with Gasteiger partial charge in [0, 0.05) is 48.4 Å². The second-order valence-electron chi connectivity index (χ2n) is 6.75. The summed E-state index contributed by atoms with van der Waals surface area (Å²) in [6.07, 6.45) is 1.68. The summed E-state index contributed by atoms with van der Waals surface area (Å²) in [5, 5.41) is 14.0. The molecule has 148 valence electrons. The number of nitrogens with zero attached hydrogens (tertiary/aromatic N) is 4. The Morgan fingerprint density at radius 2 is 1.93 bits per heavy atom. The zero-order valence-electron chi connectivity index (χ0n) is 16.0. The zero-order valence-corrected chi connectivity index (χ0v) is 16.0. The SMILES string of the molecule is Cc1c(-c2ccnc(Nc3cccc([N+](=O)[O-])c3)n2)cccc1N1CCOCC1. The fraction of sp³-hybridized carbons (Fsp3) is 0.238. The third-order valence-corrected chi connectivity index (χ3v) is 4.90. The van der Waals surface area contributed by atoms with Crippen molar-refractivity contribution in [3.8, 4) is 11.3 Å². The van der Waals surface area contributed by atoms with Crippen LogP contribution in [0.4, 0.5) is 23.0 Å². The first-order valence-electron chi connectivity index (χ1n) is 9.39. The van der Waals surface area contributed by atoms with Crippen LogP contribution >= 0.6 is 0 Å². The van der Waals surface area contributed by atoms with Crippen LogP contribution in [0.5, 0.6) is 0 Å². The van der Waals surface area contributed by atoms with Crippen LogP contribution in [-0.2, 0) is 4.74 Å². The van der Waals surface area contributed by atoms with Gasteiger partial charge in [0.15, 0.2) is 0 Å². The molecular weight excluding hydrogens is 370 g/mol. The fourth-order valence-electron chi connectivity index (χ4n) is 3.44. The minimum Gasteiger partial charge on any atom is -0.378 e. The number of anilines is 3. The quantitative estimate of drug-likeness (QED) is 0.520. The number of rotatable bonds is 5. The maximum absolute atomic E-state index is 11.0. The maximum Gasteiger partial charge on any atom is 0.271 e. The van der Waals surface area contributed by atoms with E-state index >= 15 is 0 Å². The van der Waals surface area contributed by atoms with E-state index in [1.54, 1.807) is 18.3 Å². The predicted molar refractivity (Wildman–Crippen MR) is 112 cm³/mol. The maximum atomic E-state index is 11.0. The van der Waals surface area contributed by atoms with Gasteiger partial charge in [-0.05, 0) is 30.7 Å². The standard InChI is InChI=1S/C21H21N5O3/c1-15-18(6-3-7-20(15)25-10-12-29-13-11-25)19-8-9-22-21(24-19)23-16-4-2-5-17(14-16)26(27)28/h2-9,14H,10-13H2,1H3,(H,22,23,24). The van der Waals surface area contributed by atoms with E-state index < -0.39 is 4.92 Å². The molecule has 0 aliphatic carbocycles. The number of nitro groups is 1. The molecule has 0 spiro atoms. The van der Waals surface area contributed by atoms with E-state index in [0.29, 0.717) is 11.6 Å². The Hall–Kier alpha value is -3.52. The van der Waals surface area contributed by atoms with Crippen LogP contribution in [0.3, 0.4) is 0 Å². The largest absolute Gasteiger partial charge is 0.378 e. The molecule has 1 aliphatic rings. The Morgan fingerprint density at radius 3 is 2.72 bits per heavy atom. The Morgan fingerprint density at radius 1 is 1.14 bits per heavy atom. The van der Waals surface area contributed by atoms with Crippen LogP contribution in [0.2, 0.25) is 0 Å². The van der Waals surface area contributed by atoms with Crippen molar-refractivity contribution in [1.29, 1.82) is 0 Å². The molecule has 1 saturated heterocycles. The van der Waals surface area contributed by atoms with Crippen molar-refractivity contribution in [2.75, 3.05) is 36.5 Å². The number of ether oxygens (including phenoxy) is 1. The minimum absolute atomic E-state index is 0.0141. The predicted octanol–water partition coefficient (Wildman–Crippen LogP) is 3.94. The van der Waals surface area contributed by atoms with Gasteiger partial charge in [0.25, 0.3) is 5.69 Å². The third-order valence-electron chi connectivity index (χ3n) is 4.90. The number of nitrogens with one attached hydrogen (secondary N) is 1. The molecule has 1 aliphatic heterocycles. The first kappa shape index (κ1) is 18.8. The summed E-state index contributed by atoms with van der Waals surface area (Å²) >= 11 is 0. The van der Waals surface area contributed by atoms with E-state index in [1.807, 2.05) is 18.2 Å². The highest BCUT2D eigenvalue weighted by Crippen LogP contribution is 2.31. The van der Waals surface area contributed by atoms with E-state index in [-0.39, 0.29) is 5.69 Å². The molecule has 3 aromatic rings. The number of benzene rings is 2. The van der Waals surface area contributed by atoms with E-state index in [0.717, 1.165) is 43.1 Å². The molecule has 0 atom stereocenters. The van der Waals surface area contributed by atoms with E-state index in [9.17, 15) is 10.1 Å². The van der Waals surface area contributed by atoms with Crippen molar-refractivity contribution in [2.24, 2.45) is 0 Å². The van der Waals surface area contributed by atoms with Crippen LogP contribution in [0.15, 0.2) is 54.7 Å².